The number of hydrogen-bond acceptors (Lipinski definition) is 15. The van der Waals surface area contributed by atoms with E-state index in [1.54, 1.807) is 24.0 Å². The molecule has 0 bridgehead atoms. The van der Waals surface area contributed by atoms with Crippen LogP contribution in [0, 0.1) is 16.1 Å². The fourth-order valence-electron chi connectivity index (χ4n) is 5.35. The van der Waals surface area contributed by atoms with E-state index in [9.17, 15) is 56.7 Å². The Morgan fingerprint density at radius 3 is 2.08 bits per heavy atom. The molecule has 0 spiro atoms. The quantitative estimate of drug-likeness (QED) is 0.183. The van der Waals surface area contributed by atoms with Crippen LogP contribution in [0.15, 0.2) is 37.7 Å². The molecule has 0 aliphatic carbocycles. The number of hydrogen-bond donors (Lipinski definition) is 4. The summed E-state index contributed by atoms with van der Waals surface area (Å²) in [7, 11) is -2.75. The van der Waals surface area contributed by atoms with Gasteiger partial charge in [-0.05, 0) is 61.4 Å². The predicted molar refractivity (Wildman–Crippen MR) is 194 cm³/mol. The molecule has 53 heavy (non-hydrogen) atoms. The third-order valence-electron chi connectivity index (χ3n) is 7.61. The molecular weight excluding hydrogens is 801 g/mol. The fourth-order valence-corrected chi connectivity index (χ4v) is 10.4. The van der Waals surface area contributed by atoms with E-state index in [0.717, 1.165) is 26.4 Å². The Labute approximate surface area is 314 Å². The average Bonchev–Trinajstić information content (AvgIpc) is 3.74. The molecule has 1 aromatic carbocycles. The van der Waals surface area contributed by atoms with Crippen molar-refractivity contribution in [2.45, 2.75) is 38.3 Å². The molecule has 4 heterocycles. The van der Waals surface area contributed by atoms with Crippen molar-refractivity contribution in [2.24, 2.45) is 0 Å². The first-order valence-corrected chi connectivity index (χ1v) is 19.9. The van der Waals surface area contributed by atoms with Crippen LogP contribution in [0.3, 0.4) is 0 Å². The molecule has 0 radical (unpaired) electrons. The van der Waals surface area contributed by atoms with Crippen molar-refractivity contribution in [1.29, 1.82) is 0 Å². The van der Waals surface area contributed by atoms with E-state index in [2.05, 4.69) is 0 Å². The summed E-state index contributed by atoms with van der Waals surface area (Å²) in [4.78, 5) is 90.7. The summed E-state index contributed by atoms with van der Waals surface area (Å²) in [6.45, 7) is 0.657. The number of carboxylic acid groups (broad SMARTS) is 3. The van der Waals surface area contributed by atoms with Crippen LogP contribution >= 0.6 is 46.2 Å². The van der Waals surface area contributed by atoms with Crippen molar-refractivity contribution < 1.29 is 57.0 Å². The minimum absolute atomic E-state index is 0.00197. The van der Waals surface area contributed by atoms with Crippen molar-refractivity contribution in [3.8, 4) is 5.75 Å². The zero-order valence-electron chi connectivity index (χ0n) is 27.7. The third-order valence-corrected chi connectivity index (χ3v) is 13.2. The number of imide groups is 1. The molecule has 18 nitrogen and oxygen atoms in total. The molecular formula is C30H28N4O14S5. The number of allylic oxidation sites excluding steroid dienone is 1. The summed E-state index contributed by atoms with van der Waals surface area (Å²) < 4.78 is 38.4. The Kier molecular flexibility index (Phi) is 11.4. The molecule has 2 amide bonds. The third kappa shape index (κ3) is 8.28. The molecule has 0 saturated carbocycles. The number of rotatable bonds is 12. The van der Waals surface area contributed by atoms with Gasteiger partial charge >= 0.3 is 17.9 Å². The number of aliphatic carboxylic acids is 3. The molecule has 0 unspecified atom stereocenters. The van der Waals surface area contributed by atoms with E-state index < -0.39 is 80.6 Å². The summed E-state index contributed by atoms with van der Waals surface area (Å²) >= 11 is 2.86. The summed E-state index contributed by atoms with van der Waals surface area (Å²) in [5.41, 5.74) is -0.000332. The number of ether oxygens (including phenoxy) is 1. The highest BCUT2D eigenvalue weighted by Crippen LogP contribution is 2.48. The highest BCUT2D eigenvalue weighted by molar-refractivity contribution is 8.23. The van der Waals surface area contributed by atoms with Gasteiger partial charge in [0.1, 0.15) is 44.1 Å². The summed E-state index contributed by atoms with van der Waals surface area (Å²) in [6.07, 6.45) is 1.66. The minimum atomic E-state index is -4.26. The monoisotopic (exact) mass is 828 g/mol. The van der Waals surface area contributed by atoms with Gasteiger partial charge in [0.2, 0.25) is 0 Å². The Morgan fingerprint density at radius 1 is 0.868 bits per heavy atom. The van der Waals surface area contributed by atoms with Crippen LogP contribution in [-0.2, 0) is 42.4 Å². The largest absolute Gasteiger partial charge is 0.496 e. The second-order valence-electron chi connectivity index (χ2n) is 11.4. The first-order valence-electron chi connectivity index (χ1n) is 15.0. The summed E-state index contributed by atoms with van der Waals surface area (Å²) in [5, 5.41) is 28.0. The molecule has 1 saturated heterocycles. The number of aromatic nitrogens is 2. The number of carbonyl (C=O) groups is 5. The number of aryl methyl sites for hydroxylation is 1. The number of thioether (sulfide) groups is 2. The number of amides is 2. The Morgan fingerprint density at radius 2 is 1.49 bits per heavy atom. The molecule has 3 aromatic rings. The van der Waals surface area contributed by atoms with Crippen LogP contribution in [0.2, 0.25) is 0 Å². The lowest BCUT2D eigenvalue weighted by molar-refractivity contribution is -0.140. The number of benzene rings is 1. The van der Waals surface area contributed by atoms with Crippen LogP contribution in [0.5, 0.6) is 5.75 Å². The second kappa shape index (κ2) is 15.4. The van der Waals surface area contributed by atoms with Crippen LogP contribution in [0.25, 0.3) is 10.5 Å². The maximum atomic E-state index is 13.9. The average molecular weight is 829 g/mol. The van der Waals surface area contributed by atoms with Gasteiger partial charge in [-0.1, -0.05) is 11.8 Å². The van der Waals surface area contributed by atoms with Gasteiger partial charge in [0.15, 0.2) is 0 Å². The number of methoxy groups -OCH3 is 1. The Balaban J connectivity index is 1.78. The maximum Gasteiger partial charge on any atom is 0.323 e. The van der Waals surface area contributed by atoms with Gasteiger partial charge in [-0.25, -0.2) is 0 Å². The van der Waals surface area contributed by atoms with E-state index in [4.69, 9.17) is 9.84 Å². The van der Waals surface area contributed by atoms with Crippen LogP contribution < -0.4 is 30.0 Å². The summed E-state index contributed by atoms with van der Waals surface area (Å²) in [6, 6.07) is 3.63. The first-order chi connectivity index (χ1) is 24.8. The van der Waals surface area contributed by atoms with Crippen molar-refractivity contribution in [2.75, 3.05) is 30.9 Å². The van der Waals surface area contributed by atoms with Crippen molar-refractivity contribution in [3.05, 3.63) is 67.9 Å². The normalized spacial score (nSPS) is 17.5. The van der Waals surface area contributed by atoms with Gasteiger partial charge in [0, 0.05) is 11.4 Å². The minimum Gasteiger partial charge on any atom is -0.496 e. The zero-order chi connectivity index (χ0) is 39.1. The van der Waals surface area contributed by atoms with Crippen LogP contribution in [-0.4, -0.2) is 97.3 Å². The first kappa shape index (κ1) is 39.5. The maximum absolute atomic E-state index is 13.9. The molecule has 282 valence electrons. The van der Waals surface area contributed by atoms with Gasteiger partial charge in [-0.2, -0.15) is 8.42 Å². The number of anilines is 1. The van der Waals surface area contributed by atoms with Gasteiger partial charge in [0.05, 0.1) is 28.1 Å². The fraction of sp³-hybridized carbons (Fsp3) is 0.300. The molecule has 2 aliphatic heterocycles. The van der Waals surface area contributed by atoms with E-state index in [1.165, 1.54) is 18.9 Å². The highest BCUT2D eigenvalue weighted by Gasteiger charge is 2.38. The SMILES string of the molecule is COc1cc2c(cc1C)N(CCCS(=O)(=O)O)C(=C/C(C)=c1/s/c(=c3/s/c(=C4/SC(=O)N(CC(=O)O)C4=O)n(CC(=O)O)c3=O)n(CC(=O)O)c1=O)S2. The molecule has 4 N–H and O–H groups in total. The van der Waals surface area contributed by atoms with E-state index in [-0.39, 0.29) is 31.4 Å². The van der Waals surface area contributed by atoms with Crippen molar-refractivity contribution in [3.63, 3.8) is 0 Å². The van der Waals surface area contributed by atoms with Gasteiger partial charge in [-0.3, -0.25) is 52.1 Å². The standard InChI is InChI=1S/C30H28N4O14S5/c1-13-7-15-17(9-16(13)48-3)49-18(31(15)5-4-6-53(45,46)47)8-14(2)22-25(41)32(10-19(35)36)28(50-22)23-26(42)33(11-20(37)38)29(51-23)24-27(43)34(12-21(39)40)30(44)52-24/h7-9H,4-6,10-12H2,1-3H3,(H,35,36)(H,37,38)(H,39,40)(H,45,46,47)/b18-8?,22-14+,28-23+,29-24+. The Bertz CT molecular complexity index is 2600. The molecule has 23 heteroatoms. The van der Waals surface area contributed by atoms with E-state index in [1.807, 2.05) is 13.0 Å². The van der Waals surface area contributed by atoms with Crippen molar-refractivity contribution >= 4 is 102 Å². The van der Waals surface area contributed by atoms with Crippen molar-refractivity contribution in [1.82, 2.24) is 14.0 Å². The molecule has 1 fully saturated rings. The molecule has 0 atom stereocenters. The lowest BCUT2D eigenvalue weighted by atomic mass is 10.2. The number of carbonyl (C=O) groups excluding carboxylic acids is 2. The second-order valence-corrected chi connectivity index (χ2v) is 17.0. The van der Waals surface area contributed by atoms with E-state index in [0.29, 0.717) is 54.6 Å². The Hall–Kier alpha value is -4.68. The molecule has 5 rings (SSSR count). The van der Waals surface area contributed by atoms with Gasteiger partial charge in [-0.15, -0.1) is 22.7 Å². The number of carboxylic acids is 3. The van der Waals surface area contributed by atoms with Crippen LogP contribution in [0.4, 0.5) is 10.5 Å². The number of fused-ring (bicyclic) bond motifs is 1. The number of nitrogens with zero attached hydrogens (tertiary/aromatic N) is 4. The highest BCUT2D eigenvalue weighted by atomic mass is 32.2. The van der Waals surface area contributed by atoms with Gasteiger partial charge < -0.3 is 25.0 Å². The molecule has 2 aliphatic rings. The zero-order valence-corrected chi connectivity index (χ0v) is 31.8. The summed E-state index contributed by atoms with van der Waals surface area (Å²) in [5.74, 6) is -5.45. The smallest absolute Gasteiger partial charge is 0.323 e. The lowest BCUT2D eigenvalue weighted by Crippen LogP contribution is -2.35. The molecule has 2 aromatic heterocycles. The van der Waals surface area contributed by atoms with E-state index >= 15 is 0 Å². The predicted octanol–water partition coefficient (Wildman–Crippen LogP) is 0.697. The lowest BCUT2D eigenvalue weighted by Gasteiger charge is -2.21. The topological polar surface area (TPSA) is 260 Å². The van der Waals surface area contributed by atoms with Gasteiger partial charge in [0.25, 0.3) is 32.4 Å². The van der Waals surface area contributed by atoms with Crippen LogP contribution in [0.1, 0.15) is 18.9 Å². The number of thiazole rings is 2.